The van der Waals surface area contributed by atoms with Gasteiger partial charge >= 0.3 is 5.97 Å². The summed E-state index contributed by atoms with van der Waals surface area (Å²) in [7, 11) is 0. The van der Waals surface area contributed by atoms with Crippen molar-refractivity contribution in [1.29, 1.82) is 0 Å². The van der Waals surface area contributed by atoms with E-state index in [9.17, 15) is 14.4 Å². The molecule has 0 atom stereocenters. The molecule has 2 amide bonds. The third kappa shape index (κ3) is 5.14. The molecule has 1 aliphatic rings. The van der Waals surface area contributed by atoms with E-state index in [1.54, 1.807) is 24.3 Å². The molecule has 134 valence electrons. The van der Waals surface area contributed by atoms with E-state index in [4.69, 9.17) is 4.74 Å². The van der Waals surface area contributed by atoms with Crippen LogP contribution in [0.25, 0.3) is 0 Å². The van der Waals surface area contributed by atoms with Gasteiger partial charge in [-0.05, 0) is 32.4 Å². The Morgan fingerprint density at radius 3 is 2.56 bits per heavy atom. The van der Waals surface area contributed by atoms with E-state index >= 15 is 0 Å². The van der Waals surface area contributed by atoms with E-state index in [0.29, 0.717) is 5.69 Å². The number of carbonyl (C=O) groups excluding carboxylic acids is 3. The largest absolute Gasteiger partial charge is 0.451 e. The average Bonchev–Trinajstić information content (AvgIpc) is 2.60. The van der Waals surface area contributed by atoms with Crippen LogP contribution in [0.4, 0.5) is 5.69 Å². The minimum absolute atomic E-state index is 0.131. The predicted octanol–water partition coefficient (Wildman–Crippen LogP) is 2.02. The summed E-state index contributed by atoms with van der Waals surface area (Å²) in [5.74, 6) is -1.24. The number of hydrogen-bond acceptors (Lipinski definition) is 5. The van der Waals surface area contributed by atoms with Crippen LogP contribution in [-0.2, 0) is 19.1 Å². The molecule has 1 aromatic rings. The molecule has 1 heterocycles. The van der Waals surface area contributed by atoms with E-state index in [1.807, 2.05) is 26.8 Å². The van der Waals surface area contributed by atoms with E-state index in [1.165, 1.54) is 5.01 Å². The van der Waals surface area contributed by atoms with Crippen LogP contribution in [0, 0.1) is 0 Å². The Morgan fingerprint density at radius 1 is 1.24 bits per heavy atom. The number of esters is 1. The normalized spacial score (nSPS) is 14.8. The summed E-state index contributed by atoms with van der Waals surface area (Å²) >= 11 is 0. The third-order valence-electron chi connectivity index (χ3n) is 3.97. The first-order valence-corrected chi connectivity index (χ1v) is 8.26. The smallest absolute Gasteiger partial charge is 0.355 e. The topological polar surface area (TPSA) is 88.1 Å². The Labute approximate surface area is 147 Å². The molecular weight excluding hydrogens is 322 g/mol. The van der Waals surface area contributed by atoms with Crippen molar-refractivity contribution >= 4 is 29.2 Å². The maximum Gasteiger partial charge on any atom is 0.355 e. The van der Waals surface area contributed by atoms with Gasteiger partial charge in [-0.3, -0.25) is 9.59 Å². The standard InChI is InChI=1S/C18H23N3O4/c1-4-18(2,3)19-15(22)12-25-17(24)14-10-11-16(23)21(20-14)13-8-6-5-7-9-13/h5-9H,4,10-12H2,1-3H3,(H,19,22). The Hall–Kier alpha value is -2.70. The number of anilines is 1. The molecule has 0 fully saturated rings. The van der Waals surface area contributed by atoms with Gasteiger partial charge in [-0.25, -0.2) is 9.80 Å². The van der Waals surface area contributed by atoms with Crippen LogP contribution in [0.15, 0.2) is 35.4 Å². The molecule has 0 saturated heterocycles. The second-order valence-electron chi connectivity index (χ2n) is 6.45. The van der Waals surface area contributed by atoms with Gasteiger partial charge < -0.3 is 10.1 Å². The van der Waals surface area contributed by atoms with E-state index in [-0.39, 0.29) is 42.5 Å². The molecule has 0 aliphatic carbocycles. The molecule has 0 bridgehead atoms. The first-order valence-electron chi connectivity index (χ1n) is 8.26. The number of rotatable bonds is 6. The molecule has 0 unspecified atom stereocenters. The van der Waals surface area contributed by atoms with Crippen LogP contribution in [0.2, 0.25) is 0 Å². The zero-order valence-electron chi connectivity index (χ0n) is 14.7. The minimum Gasteiger partial charge on any atom is -0.451 e. The fourth-order valence-corrected chi connectivity index (χ4v) is 2.19. The molecule has 7 heteroatoms. The molecule has 1 aromatic carbocycles. The number of hydrogen-bond donors (Lipinski definition) is 1. The molecule has 1 N–H and O–H groups in total. The van der Waals surface area contributed by atoms with Gasteiger partial charge in [0.2, 0.25) is 5.91 Å². The van der Waals surface area contributed by atoms with Crippen molar-refractivity contribution in [3.8, 4) is 0 Å². The van der Waals surface area contributed by atoms with Gasteiger partial charge in [0, 0.05) is 18.4 Å². The number of para-hydroxylation sites is 1. The van der Waals surface area contributed by atoms with Gasteiger partial charge in [0.15, 0.2) is 6.61 Å². The van der Waals surface area contributed by atoms with Crippen LogP contribution in [-0.4, -0.2) is 35.6 Å². The van der Waals surface area contributed by atoms with Gasteiger partial charge in [-0.1, -0.05) is 25.1 Å². The van der Waals surface area contributed by atoms with Gasteiger partial charge in [0.05, 0.1) is 5.69 Å². The highest BCUT2D eigenvalue weighted by molar-refractivity contribution is 6.38. The summed E-state index contributed by atoms with van der Waals surface area (Å²) in [5.41, 5.74) is 0.355. The van der Waals surface area contributed by atoms with Gasteiger partial charge in [-0.15, -0.1) is 0 Å². The molecule has 0 saturated carbocycles. The monoisotopic (exact) mass is 345 g/mol. The summed E-state index contributed by atoms with van der Waals surface area (Å²) in [6.45, 7) is 5.36. The van der Waals surface area contributed by atoms with Crippen LogP contribution in [0.5, 0.6) is 0 Å². The highest BCUT2D eigenvalue weighted by Crippen LogP contribution is 2.20. The second kappa shape index (κ2) is 7.92. The van der Waals surface area contributed by atoms with Crippen molar-refractivity contribution in [2.75, 3.05) is 11.6 Å². The third-order valence-corrected chi connectivity index (χ3v) is 3.97. The second-order valence-corrected chi connectivity index (χ2v) is 6.45. The van der Waals surface area contributed by atoms with Crippen LogP contribution in [0.1, 0.15) is 40.0 Å². The van der Waals surface area contributed by atoms with Crippen LogP contribution >= 0.6 is 0 Å². The molecule has 2 rings (SSSR count). The fraction of sp³-hybridized carbons (Fsp3) is 0.444. The zero-order chi connectivity index (χ0) is 18.4. The van der Waals surface area contributed by atoms with E-state index in [0.717, 1.165) is 6.42 Å². The van der Waals surface area contributed by atoms with Crippen LogP contribution < -0.4 is 10.3 Å². The summed E-state index contributed by atoms with van der Waals surface area (Å²) in [6.07, 6.45) is 1.12. The lowest BCUT2D eigenvalue weighted by Gasteiger charge is -2.24. The van der Waals surface area contributed by atoms with Gasteiger partial charge in [-0.2, -0.15) is 5.10 Å². The van der Waals surface area contributed by atoms with E-state index < -0.39 is 5.97 Å². The van der Waals surface area contributed by atoms with Crippen molar-refractivity contribution in [3.05, 3.63) is 30.3 Å². The minimum atomic E-state index is -0.683. The number of ether oxygens (including phenoxy) is 1. The maximum absolute atomic E-state index is 12.2. The Balaban J connectivity index is 1.99. The van der Waals surface area contributed by atoms with Crippen molar-refractivity contribution < 1.29 is 19.1 Å². The number of benzene rings is 1. The molecule has 0 aromatic heterocycles. The summed E-state index contributed by atoms with van der Waals surface area (Å²) in [5, 5.41) is 8.08. The predicted molar refractivity (Wildman–Crippen MR) is 94.1 cm³/mol. The van der Waals surface area contributed by atoms with Crippen molar-refractivity contribution in [2.45, 2.75) is 45.6 Å². The lowest BCUT2D eigenvalue weighted by Crippen LogP contribution is -2.45. The number of amides is 2. The van der Waals surface area contributed by atoms with Gasteiger partial charge in [0.1, 0.15) is 5.71 Å². The van der Waals surface area contributed by atoms with Gasteiger partial charge in [0.25, 0.3) is 5.91 Å². The van der Waals surface area contributed by atoms with E-state index in [2.05, 4.69) is 10.4 Å². The zero-order valence-corrected chi connectivity index (χ0v) is 14.7. The number of hydrazone groups is 1. The first kappa shape index (κ1) is 18.6. The first-order chi connectivity index (χ1) is 11.8. The lowest BCUT2D eigenvalue weighted by molar-refractivity contribution is -0.143. The fourth-order valence-electron chi connectivity index (χ4n) is 2.19. The van der Waals surface area contributed by atoms with Crippen molar-refractivity contribution in [3.63, 3.8) is 0 Å². The number of nitrogens with zero attached hydrogens (tertiary/aromatic N) is 2. The molecule has 1 aliphatic heterocycles. The lowest BCUT2D eigenvalue weighted by atomic mass is 10.0. The Bertz CT molecular complexity index is 683. The molecule has 7 nitrogen and oxygen atoms in total. The molecule has 0 spiro atoms. The van der Waals surface area contributed by atoms with Crippen molar-refractivity contribution in [2.24, 2.45) is 5.10 Å². The number of carbonyl (C=O) groups is 3. The van der Waals surface area contributed by atoms with Crippen molar-refractivity contribution in [1.82, 2.24) is 5.32 Å². The summed E-state index contributed by atoms with van der Waals surface area (Å²) in [6, 6.07) is 8.86. The Morgan fingerprint density at radius 2 is 1.92 bits per heavy atom. The summed E-state index contributed by atoms with van der Waals surface area (Å²) < 4.78 is 5.03. The molecular formula is C18H23N3O4. The SMILES string of the molecule is CCC(C)(C)NC(=O)COC(=O)C1=NN(c2ccccc2)C(=O)CC1. The highest BCUT2D eigenvalue weighted by atomic mass is 16.5. The van der Waals surface area contributed by atoms with Crippen LogP contribution in [0.3, 0.4) is 0 Å². The maximum atomic E-state index is 12.2. The Kier molecular flexibility index (Phi) is 5.90. The quantitative estimate of drug-likeness (QED) is 0.799. The summed E-state index contributed by atoms with van der Waals surface area (Å²) in [4.78, 5) is 36.0. The molecule has 25 heavy (non-hydrogen) atoms. The number of nitrogens with one attached hydrogen (secondary N) is 1. The highest BCUT2D eigenvalue weighted by Gasteiger charge is 2.27. The average molecular weight is 345 g/mol. The molecule has 0 radical (unpaired) electrons.